The fourth-order valence-electron chi connectivity index (χ4n) is 3.48. The van der Waals surface area contributed by atoms with Gasteiger partial charge in [-0.25, -0.2) is 0 Å². The van der Waals surface area contributed by atoms with Crippen molar-refractivity contribution in [2.24, 2.45) is 13.0 Å². The summed E-state index contributed by atoms with van der Waals surface area (Å²) >= 11 is 0. The Morgan fingerprint density at radius 1 is 1.38 bits per heavy atom. The molecule has 0 spiro atoms. The summed E-state index contributed by atoms with van der Waals surface area (Å²) in [6.45, 7) is 10.5. The maximum absolute atomic E-state index is 12.7. The molecule has 1 fully saturated rings. The summed E-state index contributed by atoms with van der Waals surface area (Å²) in [6.07, 6.45) is 4.57. The average Bonchev–Trinajstić information content (AvgIpc) is 2.66. The van der Waals surface area contributed by atoms with E-state index in [-0.39, 0.29) is 17.4 Å². The zero-order valence-electron chi connectivity index (χ0n) is 14.3. The first kappa shape index (κ1) is 16.1. The first-order valence-corrected chi connectivity index (χ1v) is 8.05. The maximum atomic E-state index is 12.7. The molecule has 2 rings (SSSR count). The molecule has 1 aliphatic carbocycles. The summed E-state index contributed by atoms with van der Waals surface area (Å²) < 4.78 is 1.86. The second-order valence-electron chi connectivity index (χ2n) is 7.16. The second kappa shape index (κ2) is 5.82. The van der Waals surface area contributed by atoms with E-state index in [9.17, 15) is 4.79 Å². The van der Waals surface area contributed by atoms with E-state index >= 15 is 0 Å². The minimum atomic E-state index is -0.144. The van der Waals surface area contributed by atoms with Crippen molar-refractivity contribution < 1.29 is 4.79 Å². The van der Waals surface area contributed by atoms with E-state index in [2.05, 4.69) is 24.3 Å². The van der Waals surface area contributed by atoms with Crippen LogP contribution in [0.5, 0.6) is 0 Å². The number of carbonyl (C=O) groups excluding carboxylic acids is 1. The standard InChI is InChI=1S/C17H29N3O/c1-11-7-9-17(5,10-8-11)18-16(21)12(2)15-13(3)19-20(6)14(15)4/h11-12H,7-10H2,1-6H3,(H,18,21)/t11?,12-,17?/m0/s1. The molecule has 0 radical (unpaired) electrons. The van der Waals surface area contributed by atoms with Crippen molar-refractivity contribution in [3.8, 4) is 0 Å². The van der Waals surface area contributed by atoms with Gasteiger partial charge in [0.2, 0.25) is 5.91 Å². The third kappa shape index (κ3) is 3.30. The van der Waals surface area contributed by atoms with E-state index in [0.29, 0.717) is 0 Å². The lowest BCUT2D eigenvalue weighted by atomic mass is 9.78. The van der Waals surface area contributed by atoms with E-state index in [1.807, 2.05) is 32.5 Å². The van der Waals surface area contributed by atoms with Gasteiger partial charge in [0.15, 0.2) is 0 Å². The van der Waals surface area contributed by atoms with Gasteiger partial charge < -0.3 is 5.32 Å². The zero-order valence-corrected chi connectivity index (χ0v) is 14.3. The first-order chi connectivity index (χ1) is 9.73. The Kier molecular flexibility index (Phi) is 4.45. The van der Waals surface area contributed by atoms with Crippen molar-refractivity contribution in [2.45, 2.75) is 71.8 Å². The molecule has 118 valence electrons. The molecular formula is C17H29N3O. The average molecular weight is 291 g/mol. The normalized spacial score (nSPS) is 27.4. The number of amides is 1. The van der Waals surface area contributed by atoms with Gasteiger partial charge in [-0.2, -0.15) is 5.10 Å². The van der Waals surface area contributed by atoms with Crippen molar-refractivity contribution in [1.82, 2.24) is 15.1 Å². The second-order valence-corrected chi connectivity index (χ2v) is 7.16. The van der Waals surface area contributed by atoms with E-state index in [0.717, 1.165) is 35.7 Å². The minimum Gasteiger partial charge on any atom is -0.350 e. The topological polar surface area (TPSA) is 46.9 Å². The van der Waals surface area contributed by atoms with Gasteiger partial charge in [0.25, 0.3) is 0 Å². The zero-order chi connectivity index (χ0) is 15.8. The van der Waals surface area contributed by atoms with Crippen LogP contribution in [0.4, 0.5) is 0 Å². The fourth-order valence-corrected chi connectivity index (χ4v) is 3.48. The molecule has 0 aromatic carbocycles. The van der Waals surface area contributed by atoms with Crippen molar-refractivity contribution in [3.05, 3.63) is 17.0 Å². The van der Waals surface area contributed by atoms with Crippen LogP contribution in [0, 0.1) is 19.8 Å². The maximum Gasteiger partial charge on any atom is 0.227 e. The van der Waals surface area contributed by atoms with Crippen molar-refractivity contribution in [1.29, 1.82) is 0 Å². The van der Waals surface area contributed by atoms with E-state index in [4.69, 9.17) is 0 Å². The smallest absolute Gasteiger partial charge is 0.227 e. The molecule has 1 aromatic rings. The number of rotatable bonds is 3. The number of carbonyl (C=O) groups is 1. The number of nitrogens with zero attached hydrogens (tertiary/aromatic N) is 2. The van der Waals surface area contributed by atoms with E-state index in [1.54, 1.807) is 0 Å². The van der Waals surface area contributed by atoms with Gasteiger partial charge >= 0.3 is 0 Å². The van der Waals surface area contributed by atoms with E-state index in [1.165, 1.54) is 12.8 Å². The lowest BCUT2D eigenvalue weighted by molar-refractivity contribution is -0.124. The van der Waals surface area contributed by atoms with Gasteiger partial charge in [-0.05, 0) is 59.3 Å². The van der Waals surface area contributed by atoms with Gasteiger partial charge in [0, 0.05) is 23.8 Å². The van der Waals surface area contributed by atoms with Gasteiger partial charge in [0.05, 0.1) is 11.6 Å². The predicted molar refractivity (Wildman–Crippen MR) is 85.3 cm³/mol. The van der Waals surface area contributed by atoms with Crippen LogP contribution in [-0.4, -0.2) is 21.2 Å². The van der Waals surface area contributed by atoms with Crippen molar-refractivity contribution in [3.63, 3.8) is 0 Å². The third-order valence-corrected chi connectivity index (χ3v) is 5.19. The number of aryl methyl sites for hydroxylation is 2. The molecule has 21 heavy (non-hydrogen) atoms. The number of aromatic nitrogens is 2. The summed E-state index contributed by atoms with van der Waals surface area (Å²) in [7, 11) is 1.93. The van der Waals surface area contributed by atoms with Gasteiger partial charge in [-0.15, -0.1) is 0 Å². The Balaban J connectivity index is 2.09. The van der Waals surface area contributed by atoms with Gasteiger partial charge in [-0.1, -0.05) is 6.92 Å². The highest BCUT2D eigenvalue weighted by atomic mass is 16.2. The molecule has 4 heteroatoms. The quantitative estimate of drug-likeness (QED) is 0.929. The molecule has 0 unspecified atom stereocenters. The van der Waals surface area contributed by atoms with Crippen molar-refractivity contribution >= 4 is 5.91 Å². The summed E-state index contributed by atoms with van der Waals surface area (Å²) in [4.78, 5) is 12.7. The highest BCUT2D eigenvalue weighted by Gasteiger charge is 2.33. The first-order valence-electron chi connectivity index (χ1n) is 8.05. The number of hydrogen-bond acceptors (Lipinski definition) is 2. The van der Waals surface area contributed by atoms with Crippen LogP contribution in [0.25, 0.3) is 0 Å². The van der Waals surface area contributed by atoms with Crippen LogP contribution in [0.1, 0.15) is 69.3 Å². The lowest BCUT2D eigenvalue weighted by Gasteiger charge is -2.37. The molecule has 0 saturated heterocycles. The molecule has 1 amide bonds. The molecule has 0 bridgehead atoms. The van der Waals surface area contributed by atoms with E-state index < -0.39 is 0 Å². The number of nitrogens with one attached hydrogen (secondary N) is 1. The molecule has 1 aromatic heterocycles. The van der Waals surface area contributed by atoms with Gasteiger partial charge in [0.1, 0.15) is 0 Å². The summed E-state index contributed by atoms with van der Waals surface area (Å²) in [5.74, 6) is 0.774. The van der Waals surface area contributed by atoms with Crippen LogP contribution < -0.4 is 5.32 Å². The summed E-state index contributed by atoms with van der Waals surface area (Å²) in [6, 6.07) is 0. The van der Waals surface area contributed by atoms with Crippen LogP contribution in [0.15, 0.2) is 0 Å². The fraction of sp³-hybridized carbons (Fsp3) is 0.765. The predicted octanol–water partition coefficient (Wildman–Crippen LogP) is 3.23. The van der Waals surface area contributed by atoms with Crippen LogP contribution >= 0.6 is 0 Å². The monoisotopic (exact) mass is 291 g/mol. The molecule has 1 atom stereocenters. The SMILES string of the molecule is Cc1nn(C)c(C)c1[C@H](C)C(=O)NC1(C)CCC(C)CC1. The Bertz CT molecular complexity index is 524. The molecule has 0 aliphatic heterocycles. The van der Waals surface area contributed by atoms with Gasteiger partial charge in [-0.3, -0.25) is 9.48 Å². The van der Waals surface area contributed by atoms with Crippen molar-refractivity contribution in [2.75, 3.05) is 0 Å². The van der Waals surface area contributed by atoms with Crippen LogP contribution in [0.2, 0.25) is 0 Å². The Hall–Kier alpha value is -1.32. The largest absolute Gasteiger partial charge is 0.350 e. The molecule has 1 N–H and O–H groups in total. The number of hydrogen-bond donors (Lipinski definition) is 1. The third-order valence-electron chi connectivity index (χ3n) is 5.19. The molecule has 1 aliphatic rings. The summed E-state index contributed by atoms with van der Waals surface area (Å²) in [5, 5.41) is 7.73. The molecule has 4 nitrogen and oxygen atoms in total. The minimum absolute atomic E-state index is 0.0398. The Morgan fingerprint density at radius 3 is 2.43 bits per heavy atom. The van der Waals surface area contributed by atoms with Crippen LogP contribution in [-0.2, 0) is 11.8 Å². The summed E-state index contributed by atoms with van der Waals surface area (Å²) in [5.41, 5.74) is 3.07. The Morgan fingerprint density at radius 2 is 1.95 bits per heavy atom. The highest BCUT2D eigenvalue weighted by molar-refractivity contribution is 5.84. The Labute approximate surface area is 128 Å². The lowest BCUT2D eigenvalue weighted by Crippen LogP contribution is -2.49. The highest BCUT2D eigenvalue weighted by Crippen LogP contribution is 2.32. The van der Waals surface area contributed by atoms with Crippen LogP contribution in [0.3, 0.4) is 0 Å². The molecule has 1 saturated carbocycles. The molecule has 1 heterocycles. The molecular weight excluding hydrogens is 262 g/mol.